The molecule has 1 aliphatic carbocycles. The highest BCUT2D eigenvalue weighted by atomic mass is 16.5. The number of ether oxygens (including phenoxy) is 1. The molecule has 4 nitrogen and oxygen atoms in total. The highest BCUT2D eigenvalue weighted by Crippen LogP contribution is 2.64. The first-order chi connectivity index (χ1) is 10.6. The number of rotatable bonds is 4. The monoisotopic (exact) mass is 296 g/mol. The van der Waals surface area contributed by atoms with Crippen molar-refractivity contribution >= 4 is 11.9 Å². The number of carbonyl (C=O) groups is 2. The maximum absolute atomic E-state index is 12.2. The molecule has 0 bridgehead atoms. The summed E-state index contributed by atoms with van der Waals surface area (Å²) in [5.41, 5.74) is 0.787. The maximum atomic E-state index is 12.2. The number of aliphatic carboxylic acids is 1. The number of esters is 1. The van der Waals surface area contributed by atoms with Gasteiger partial charge >= 0.3 is 11.9 Å². The summed E-state index contributed by atoms with van der Waals surface area (Å²) in [7, 11) is 1.29. The molecule has 3 rings (SSSR count). The fourth-order valence-corrected chi connectivity index (χ4v) is 3.49. The number of carboxylic acids is 1. The first-order valence-electron chi connectivity index (χ1n) is 7.05. The van der Waals surface area contributed by atoms with Gasteiger partial charge in [-0.25, -0.2) is 0 Å². The van der Waals surface area contributed by atoms with Crippen LogP contribution >= 0.6 is 0 Å². The molecule has 1 N–H and O–H groups in total. The Morgan fingerprint density at radius 1 is 0.909 bits per heavy atom. The van der Waals surface area contributed by atoms with Crippen molar-refractivity contribution in [1.82, 2.24) is 0 Å². The van der Waals surface area contributed by atoms with E-state index in [2.05, 4.69) is 0 Å². The lowest BCUT2D eigenvalue weighted by Crippen LogP contribution is -2.19. The molecule has 0 amide bonds. The summed E-state index contributed by atoms with van der Waals surface area (Å²) in [5.74, 6) is -2.99. The van der Waals surface area contributed by atoms with Gasteiger partial charge in [0, 0.05) is 5.41 Å². The van der Waals surface area contributed by atoms with Gasteiger partial charge < -0.3 is 9.84 Å². The Balaban J connectivity index is 2.21. The number of hydrogen-bond acceptors (Lipinski definition) is 3. The topological polar surface area (TPSA) is 63.6 Å². The van der Waals surface area contributed by atoms with E-state index in [9.17, 15) is 14.7 Å². The van der Waals surface area contributed by atoms with Crippen LogP contribution < -0.4 is 0 Å². The molecule has 4 heteroatoms. The van der Waals surface area contributed by atoms with Crippen LogP contribution in [0.3, 0.4) is 0 Å². The van der Waals surface area contributed by atoms with E-state index in [4.69, 9.17) is 4.74 Å². The molecule has 0 spiro atoms. The Labute approximate surface area is 128 Å². The van der Waals surface area contributed by atoms with E-state index in [1.165, 1.54) is 7.11 Å². The Morgan fingerprint density at radius 3 is 1.73 bits per heavy atom. The smallest absolute Gasteiger partial charge is 0.310 e. The molecule has 2 aromatic carbocycles. The zero-order chi connectivity index (χ0) is 15.7. The highest BCUT2D eigenvalue weighted by Gasteiger charge is 2.74. The second-order valence-corrected chi connectivity index (χ2v) is 5.42. The van der Waals surface area contributed by atoms with Crippen LogP contribution in [0.2, 0.25) is 0 Å². The fraction of sp³-hybridized carbons (Fsp3) is 0.222. The Bertz CT molecular complexity index is 654. The fourth-order valence-electron chi connectivity index (χ4n) is 3.49. The van der Waals surface area contributed by atoms with Gasteiger partial charge in [-0.05, 0) is 11.1 Å². The molecule has 0 saturated heterocycles. The Morgan fingerprint density at radius 2 is 1.36 bits per heavy atom. The minimum absolute atomic E-state index is 0.486. The van der Waals surface area contributed by atoms with Crippen molar-refractivity contribution in [2.75, 3.05) is 7.11 Å². The average molecular weight is 296 g/mol. The first-order valence-corrected chi connectivity index (χ1v) is 7.05. The molecule has 2 atom stereocenters. The van der Waals surface area contributed by atoms with E-state index < -0.39 is 29.2 Å². The van der Waals surface area contributed by atoms with Crippen LogP contribution in [0.15, 0.2) is 60.7 Å². The third kappa shape index (κ3) is 1.91. The molecule has 2 aromatic rings. The normalized spacial score (nSPS) is 21.9. The maximum Gasteiger partial charge on any atom is 0.310 e. The van der Waals surface area contributed by atoms with Gasteiger partial charge in [0.2, 0.25) is 0 Å². The highest BCUT2D eigenvalue weighted by molar-refractivity contribution is 5.93. The third-order valence-electron chi connectivity index (χ3n) is 4.43. The summed E-state index contributed by atoms with van der Waals surface area (Å²) in [5, 5.41) is 9.62. The zero-order valence-electron chi connectivity index (χ0n) is 12.1. The van der Waals surface area contributed by atoms with Gasteiger partial charge in [-0.15, -0.1) is 0 Å². The molecular weight excluding hydrogens is 280 g/mol. The van der Waals surface area contributed by atoms with Gasteiger partial charge in [-0.3, -0.25) is 9.59 Å². The predicted molar refractivity (Wildman–Crippen MR) is 80.3 cm³/mol. The molecule has 112 valence electrons. The van der Waals surface area contributed by atoms with Crippen LogP contribution in [-0.2, 0) is 19.7 Å². The zero-order valence-corrected chi connectivity index (χ0v) is 12.1. The number of benzene rings is 2. The molecule has 22 heavy (non-hydrogen) atoms. The third-order valence-corrected chi connectivity index (χ3v) is 4.43. The van der Waals surface area contributed by atoms with E-state index >= 15 is 0 Å². The molecular formula is C18H16O4. The Kier molecular flexibility index (Phi) is 3.45. The lowest BCUT2D eigenvalue weighted by molar-refractivity contribution is -0.146. The second kappa shape index (κ2) is 5.30. The van der Waals surface area contributed by atoms with Crippen LogP contribution in [0.1, 0.15) is 11.1 Å². The van der Waals surface area contributed by atoms with E-state index in [0.29, 0.717) is 0 Å². The van der Waals surface area contributed by atoms with Crippen LogP contribution in [-0.4, -0.2) is 24.2 Å². The first kappa shape index (κ1) is 14.3. The molecule has 0 heterocycles. The van der Waals surface area contributed by atoms with Gasteiger partial charge in [-0.1, -0.05) is 60.7 Å². The van der Waals surface area contributed by atoms with Gasteiger partial charge in [0.1, 0.15) is 0 Å². The molecule has 1 saturated carbocycles. The summed E-state index contributed by atoms with van der Waals surface area (Å²) in [6, 6.07) is 18.6. The van der Waals surface area contributed by atoms with Crippen molar-refractivity contribution in [3.8, 4) is 0 Å². The van der Waals surface area contributed by atoms with Crippen molar-refractivity contribution < 1.29 is 19.4 Å². The van der Waals surface area contributed by atoms with Crippen molar-refractivity contribution in [1.29, 1.82) is 0 Å². The van der Waals surface area contributed by atoms with E-state index in [-0.39, 0.29) is 0 Å². The molecule has 0 unspecified atom stereocenters. The molecule has 0 aromatic heterocycles. The standard InChI is InChI=1S/C18H16O4/c1-22-17(21)15-14(16(19)20)18(15,12-8-4-2-5-9-12)13-10-6-3-7-11-13/h2-11,14-15H,1H3,(H,19,20)/t14-,15+/m1/s1. The summed E-state index contributed by atoms with van der Waals surface area (Å²) in [6.07, 6.45) is 0. The minimum Gasteiger partial charge on any atom is -0.481 e. The van der Waals surface area contributed by atoms with Gasteiger partial charge in [0.05, 0.1) is 18.9 Å². The number of carboxylic acid groups (broad SMARTS) is 1. The summed E-state index contributed by atoms with van der Waals surface area (Å²) in [4.78, 5) is 23.9. The SMILES string of the molecule is COC(=O)[C@@H]1[C@H](C(=O)O)C1(c1ccccc1)c1ccccc1. The lowest BCUT2D eigenvalue weighted by atomic mass is 9.84. The Hall–Kier alpha value is -2.62. The van der Waals surface area contributed by atoms with Crippen LogP contribution in [0, 0.1) is 11.8 Å². The van der Waals surface area contributed by atoms with E-state index in [0.717, 1.165) is 11.1 Å². The van der Waals surface area contributed by atoms with Crippen molar-refractivity contribution in [3.05, 3.63) is 71.8 Å². The molecule has 0 aliphatic heterocycles. The second-order valence-electron chi connectivity index (χ2n) is 5.42. The number of carbonyl (C=O) groups excluding carboxylic acids is 1. The van der Waals surface area contributed by atoms with Crippen molar-refractivity contribution in [2.45, 2.75) is 5.41 Å². The number of hydrogen-bond donors (Lipinski definition) is 1. The average Bonchev–Trinajstić information content (AvgIpc) is 3.27. The van der Waals surface area contributed by atoms with Gasteiger partial charge in [0.25, 0.3) is 0 Å². The largest absolute Gasteiger partial charge is 0.481 e. The van der Waals surface area contributed by atoms with Gasteiger partial charge in [-0.2, -0.15) is 0 Å². The predicted octanol–water partition coefficient (Wildman–Crippen LogP) is 2.48. The molecule has 1 fully saturated rings. The van der Waals surface area contributed by atoms with E-state index in [1.54, 1.807) is 0 Å². The van der Waals surface area contributed by atoms with Crippen LogP contribution in [0.5, 0.6) is 0 Å². The summed E-state index contributed by atoms with van der Waals surface area (Å²) < 4.78 is 4.85. The molecule has 1 aliphatic rings. The van der Waals surface area contributed by atoms with Crippen LogP contribution in [0.25, 0.3) is 0 Å². The van der Waals surface area contributed by atoms with Crippen molar-refractivity contribution in [2.24, 2.45) is 11.8 Å². The summed E-state index contributed by atoms with van der Waals surface area (Å²) >= 11 is 0. The van der Waals surface area contributed by atoms with Crippen LogP contribution in [0.4, 0.5) is 0 Å². The molecule has 0 radical (unpaired) electrons. The lowest BCUT2D eigenvalue weighted by Gasteiger charge is -2.18. The van der Waals surface area contributed by atoms with Gasteiger partial charge in [0.15, 0.2) is 0 Å². The summed E-state index contributed by atoms with van der Waals surface area (Å²) in [6.45, 7) is 0. The van der Waals surface area contributed by atoms with E-state index in [1.807, 2.05) is 60.7 Å². The quantitative estimate of drug-likeness (QED) is 0.880. The number of methoxy groups -OCH3 is 1. The van der Waals surface area contributed by atoms with Crippen molar-refractivity contribution in [3.63, 3.8) is 0 Å². The minimum atomic E-state index is -0.983.